The normalized spacial score (nSPS) is 10.8. The third-order valence-corrected chi connectivity index (χ3v) is 6.16. The molecule has 2 N–H and O–H groups in total. The maximum absolute atomic E-state index is 12.2. The summed E-state index contributed by atoms with van der Waals surface area (Å²) in [6, 6.07) is 14.7. The van der Waals surface area contributed by atoms with Crippen LogP contribution in [0.15, 0.2) is 57.7 Å². The van der Waals surface area contributed by atoms with Crippen molar-refractivity contribution in [2.24, 2.45) is 0 Å². The molecule has 30 heavy (non-hydrogen) atoms. The highest BCUT2D eigenvalue weighted by Gasteiger charge is 2.11. The van der Waals surface area contributed by atoms with Gasteiger partial charge in [0, 0.05) is 5.75 Å². The standard InChI is InChI=1S/C20H17N5O3S2/c1-28-13-8-6-12(7-9-13)10-17(26)23-19-24-25-20(30-19)29-11-16-18(27)22-15-5-3-2-4-14(15)21-16/h2-9H,10-11H2,1H3,(H,22,27)(H,23,24,26). The van der Waals surface area contributed by atoms with Gasteiger partial charge < -0.3 is 15.0 Å². The van der Waals surface area contributed by atoms with Gasteiger partial charge >= 0.3 is 0 Å². The third kappa shape index (κ3) is 4.84. The molecule has 0 aliphatic rings. The van der Waals surface area contributed by atoms with Crippen LogP contribution in [0.5, 0.6) is 5.75 Å². The van der Waals surface area contributed by atoms with Crippen molar-refractivity contribution in [3.63, 3.8) is 0 Å². The van der Waals surface area contributed by atoms with E-state index in [0.29, 0.717) is 26.4 Å². The predicted octanol–water partition coefficient (Wildman–Crippen LogP) is 3.26. The minimum atomic E-state index is -0.223. The fourth-order valence-electron chi connectivity index (χ4n) is 2.71. The molecule has 0 aliphatic carbocycles. The van der Waals surface area contributed by atoms with E-state index < -0.39 is 0 Å². The number of carbonyl (C=O) groups is 1. The lowest BCUT2D eigenvalue weighted by Gasteiger charge is -2.03. The summed E-state index contributed by atoms with van der Waals surface area (Å²) in [5.74, 6) is 0.916. The number of H-pyrrole nitrogens is 1. The van der Waals surface area contributed by atoms with Crippen molar-refractivity contribution >= 4 is 45.2 Å². The predicted molar refractivity (Wildman–Crippen MR) is 117 cm³/mol. The topological polar surface area (TPSA) is 110 Å². The molecular formula is C20H17N5O3S2. The summed E-state index contributed by atoms with van der Waals surface area (Å²) < 4.78 is 5.75. The second-order valence-electron chi connectivity index (χ2n) is 6.26. The van der Waals surface area contributed by atoms with Crippen molar-refractivity contribution in [2.45, 2.75) is 16.5 Å². The lowest BCUT2D eigenvalue weighted by molar-refractivity contribution is -0.115. The fourth-order valence-corrected chi connectivity index (χ4v) is 4.40. The number of nitrogens with zero attached hydrogens (tertiary/aromatic N) is 3. The number of amides is 1. The highest BCUT2D eigenvalue weighted by Crippen LogP contribution is 2.27. The quantitative estimate of drug-likeness (QED) is 0.336. The molecule has 0 saturated carbocycles. The Hall–Kier alpha value is -3.24. The number of hydrogen-bond acceptors (Lipinski definition) is 8. The van der Waals surface area contributed by atoms with E-state index in [9.17, 15) is 9.59 Å². The van der Waals surface area contributed by atoms with Crippen LogP contribution < -0.4 is 15.6 Å². The van der Waals surface area contributed by atoms with Crippen LogP contribution in [0.25, 0.3) is 11.0 Å². The second-order valence-corrected chi connectivity index (χ2v) is 8.46. The number of ether oxygens (including phenoxy) is 1. The van der Waals surface area contributed by atoms with E-state index in [1.807, 2.05) is 48.5 Å². The van der Waals surface area contributed by atoms with E-state index in [2.05, 4.69) is 25.5 Å². The molecule has 2 aromatic carbocycles. The third-order valence-electron chi connectivity index (χ3n) is 4.18. The molecule has 10 heteroatoms. The zero-order valence-corrected chi connectivity index (χ0v) is 17.5. The molecule has 0 bridgehead atoms. The van der Waals surface area contributed by atoms with E-state index >= 15 is 0 Å². The largest absolute Gasteiger partial charge is 0.497 e. The zero-order chi connectivity index (χ0) is 20.9. The van der Waals surface area contributed by atoms with Crippen molar-refractivity contribution in [2.75, 3.05) is 12.4 Å². The molecule has 0 atom stereocenters. The van der Waals surface area contributed by atoms with E-state index in [4.69, 9.17) is 4.74 Å². The van der Waals surface area contributed by atoms with Gasteiger partial charge in [-0.15, -0.1) is 10.2 Å². The van der Waals surface area contributed by atoms with Crippen LogP contribution in [-0.4, -0.2) is 33.2 Å². The molecular weight excluding hydrogens is 422 g/mol. The average Bonchev–Trinajstić information content (AvgIpc) is 3.19. The lowest BCUT2D eigenvalue weighted by Crippen LogP contribution is -2.14. The van der Waals surface area contributed by atoms with Gasteiger partial charge in [0.25, 0.3) is 5.56 Å². The number of carbonyl (C=O) groups excluding carboxylic acids is 1. The first-order valence-electron chi connectivity index (χ1n) is 8.98. The van der Waals surface area contributed by atoms with Crippen LogP contribution in [0, 0.1) is 0 Å². The maximum Gasteiger partial charge on any atom is 0.271 e. The van der Waals surface area contributed by atoms with E-state index in [1.165, 1.54) is 23.1 Å². The van der Waals surface area contributed by atoms with Gasteiger partial charge in [0.1, 0.15) is 11.4 Å². The molecule has 2 aromatic heterocycles. The van der Waals surface area contributed by atoms with E-state index in [-0.39, 0.29) is 17.9 Å². The molecule has 8 nitrogen and oxygen atoms in total. The van der Waals surface area contributed by atoms with Gasteiger partial charge in [0.2, 0.25) is 11.0 Å². The number of aromatic nitrogens is 4. The van der Waals surface area contributed by atoms with Crippen molar-refractivity contribution in [1.29, 1.82) is 0 Å². The number of rotatable bonds is 7. The Morgan fingerprint density at radius 2 is 1.97 bits per heavy atom. The first-order valence-corrected chi connectivity index (χ1v) is 10.8. The molecule has 0 unspecified atom stereocenters. The Morgan fingerprint density at radius 3 is 2.77 bits per heavy atom. The second kappa shape index (κ2) is 9.06. The number of hydrogen-bond donors (Lipinski definition) is 2. The van der Waals surface area contributed by atoms with Crippen molar-refractivity contribution < 1.29 is 9.53 Å². The number of thioether (sulfide) groups is 1. The number of nitrogens with one attached hydrogen (secondary N) is 2. The average molecular weight is 440 g/mol. The Balaban J connectivity index is 1.35. The monoisotopic (exact) mass is 439 g/mol. The van der Waals surface area contributed by atoms with Gasteiger partial charge in [-0.05, 0) is 29.8 Å². The molecule has 1 amide bonds. The van der Waals surface area contributed by atoms with Crippen LogP contribution in [0.2, 0.25) is 0 Å². The highest BCUT2D eigenvalue weighted by atomic mass is 32.2. The van der Waals surface area contributed by atoms with Crippen LogP contribution in [0.3, 0.4) is 0 Å². The van der Waals surface area contributed by atoms with Gasteiger partial charge in [0.05, 0.1) is 24.6 Å². The fraction of sp³-hybridized carbons (Fsp3) is 0.150. The zero-order valence-electron chi connectivity index (χ0n) is 15.9. The van der Waals surface area contributed by atoms with E-state index in [1.54, 1.807) is 7.11 Å². The molecule has 152 valence electrons. The molecule has 4 rings (SSSR count). The Labute approximate surface area is 179 Å². The summed E-state index contributed by atoms with van der Waals surface area (Å²) in [6.45, 7) is 0. The van der Waals surface area contributed by atoms with E-state index in [0.717, 1.165) is 16.8 Å². The molecule has 0 spiro atoms. The first-order chi connectivity index (χ1) is 14.6. The lowest BCUT2D eigenvalue weighted by atomic mass is 10.1. The van der Waals surface area contributed by atoms with Crippen LogP contribution in [-0.2, 0) is 17.0 Å². The Morgan fingerprint density at radius 1 is 1.17 bits per heavy atom. The van der Waals surface area contributed by atoms with Gasteiger partial charge in [-0.3, -0.25) is 9.59 Å². The molecule has 0 radical (unpaired) electrons. The summed E-state index contributed by atoms with van der Waals surface area (Å²) in [6.07, 6.45) is 0.225. The van der Waals surface area contributed by atoms with Gasteiger partial charge in [-0.25, -0.2) is 4.98 Å². The van der Waals surface area contributed by atoms with Gasteiger partial charge in [-0.2, -0.15) is 0 Å². The Kier molecular flexibility index (Phi) is 6.05. The summed E-state index contributed by atoms with van der Waals surface area (Å²) in [7, 11) is 1.60. The van der Waals surface area contributed by atoms with Crippen molar-refractivity contribution in [1.82, 2.24) is 20.2 Å². The molecule has 0 aliphatic heterocycles. The number of aromatic amines is 1. The Bertz CT molecular complexity index is 1240. The molecule has 0 fully saturated rings. The summed E-state index contributed by atoms with van der Waals surface area (Å²) in [4.78, 5) is 31.7. The molecule has 2 heterocycles. The number of para-hydroxylation sites is 2. The van der Waals surface area contributed by atoms with Crippen LogP contribution >= 0.6 is 23.1 Å². The number of methoxy groups -OCH3 is 1. The smallest absolute Gasteiger partial charge is 0.271 e. The molecule has 4 aromatic rings. The first kappa shape index (κ1) is 20.0. The summed E-state index contributed by atoms with van der Waals surface area (Å²) in [5.41, 5.74) is 2.50. The number of benzene rings is 2. The van der Waals surface area contributed by atoms with Crippen LogP contribution in [0.1, 0.15) is 11.3 Å². The van der Waals surface area contributed by atoms with Crippen molar-refractivity contribution in [3.8, 4) is 5.75 Å². The summed E-state index contributed by atoms with van der Waals surface area (Å²) in [5, 5.41) is 11.2. The maximum atomic E-state index is 12.2. The van der Waals surface area contributed by atoms with Crippen LogP contribution in [0.4, 0.5) is 5.13 Å². The van der Waals surface area contributed by atoms with Crippen molar-refractivity contribution in [3.05, 3.63) is 70.1 Å². The van der Waals surface area contributed by atoms with Gasteiger partial charge in [0.15, 0.2) is 4.34 Å². The van der Waals surface area contributed by atoms with Gasteiger partial charge in [-0.1, -0.05) is 47.4 Å². The minimum Gasteiger partial charge on any atom is -0.497 e. The molecule has 0 saturated heterocycles. The SMILES string of the molecule is COc1ccc(CC(=O)Nc2nnc(SCc3nc4ccccc4[nH]c3=O)s2)cc1. The number of fused-ring (bicyclic) bond motifs is 1. The minimum absolute atomic E-state index is 0.180. The highest BCUT2D eigenvalue weighted by molar-refractivity contribution is 8.00. The summed E-state index contributed by atoms with van der Waals surface area (Å²) >= 11 is 2.60. The number of anilines is 1.